The zero-order valence-corrected chi connectivity index (χ0v) is 16.8. The molecule has 1 amide bonds. The topological polar surface area (TPSA) is 84.4 Å². The van der Waals surface area contributed by atoms with Crippen molar-refractivity contribution in [2.75, 3.05) is 6.61 Å². The van der Waals surface area contributed by atoms with Gasteiger partial charge in [-0.15, -0.1) is 0 Å². The largest absolute Gasteiger partial charge is 0.462 e. The Kier molecular flexibility index (Phi) is 7.51. The Morgan fingerprint density at radius 3 is 2.50 bits per heavy atom. The second-order valence-corrected chi connectivity index (χ2v) is 6.48. The molecule has 0 aliphatic heterocycles. The predicted molar refractivity (Wildman–Crippen MR) is 107 cm³/mol. The molecular weight excluding hydrogens is 383 g/mol. The van der Waals surface area contributed by atoms with Crippen LogP contribution >= 0.6 is 12.2 Å². The number of carbonyl (C=O) groups excluding carboxylic acids is 2. The summed E-state index contributed by atoms with van der Waals surface area (Å²) in [5.74, 6) is -1.05. The van der Waals surface area contributed by atoms with Gasteiger partial charge in [0.25, 0.3) is 5.91 Å². The van der Waals surface area contributed by atoms with Crippen LogP contribution in [0.5, 0.6) is 0 Å². The number of rotatable bonds is 6. The molecule has 3 N–H and O–H groups in total. The van der Waals surface area contributed by atoms with Gasteiger partial charge in [-0.2, -0.15) is 0 Å². The highest BCUT2D eigenvalue weighted by atomic mass is 32.1. The van der Waals surface area contributed by atoms with Crippen LogP contribution in [0.4, 0.5) is 4.39 Å². The van der Waals surface area contributed by atoms with E-state index in [1.807, 2.05) is 6.92 Å². The minimum Gasteiger partial charge on any atom is -0.462 e. The molecule has 0 atom stereocenters. The first kappa shape index (κ1) is 21.4. The van der Waals surface area contributed by atoms with E-state index in [0.717, 1.165) is 11.3 Å². The number of carbonyl (C=O) groups is 2. The molecule has 1 heterocycles. The molecule has 0 saturated carbocycles. The van der Waals surface area contributed by atoms with Crippen LogP contribution in [0.1, 0.15) is 34.2 Å². The first-order valence-corrected chi connectivity index (χ1v) is 9.13. The number of ether oxygens (including phenoxy) is 1. The third kappa shape index (κ3) is 5.78. The number of nitrogens with one attached hydrogen (secondary N) is 3. The number of aryl methyl sites for hydroxylation is 1. The summed E-state index contributed by atoms with van der Waals surface area (Å²) in [6, 6.07) is 7.70. The Morgan fingerprint density at radius 2 is 1.86 bits per heavy atom. The zero-order chi connectivity index (χ0) is 20.7. The third-order valence-corrected chi connectivity index (χ3v) is 4.30. The average Bonchev–Trinajstić information content (AvgIpc) is 2.94. The highest BCUT2D eigenvalue weighted by Gasteiger charge is 2.18. The van der Waals surface area contributed by atoms with Crippen LogP contribution in [0, 0.1) is 19.7 Å². The van der Waals surface area contributed by atoms with Crippen LogP contribution in [0.3, 0.4) is 0 Å². The summed E-state index contributed by atoms with van der Waals surface area (Å²) in [5, 5.41) is 3.14. The molecule has 0 saturated heterocycles. The van der Waals surface area contributed by atoms with Crippen molar-refractivity contribution in [3.8, 4) is 0 Å². The van der Waals surface area contributed by atoms with Gasteiger partial charge < -0.3 is 14.6 Å². The molecule has 0 aliphatic rings. The average molecular weight is 406 g/mol. The molecule has 2 rings (SSSR count). The second-order valence-electron chi connectivity index (χ2n) is 6.07. The summed E-state index contributed by atoms with van der Waals surface area (Å²) in [7, 11) is 0. The van der Waals surface area contributed by atoms with Crippen LogP contribution in [0.2, 0.25) is 0 Å². The van der Waals surface area contributed by atoms with Crippen molar-refractivity contribution in [2.45, 2.75) is 33.9 Å². The van der Waals surface area contributed by atoms with Crippen molar-refractivity contribution in [1.82, 2.24) is 20.7 Å². The number of benzene rings is 1. The molecule has 0 fully saturated rings. The Balaban J connectivity index is 1.84. The molecule has 1 aromatic carbocycles. The standard InChI is InChI=1S/C19H23FN4O3S/c1-4-27-18(26)16-9-12(2)24(13(16)3)11-17(25)22-23-19(28)21-10-14-5-7-15(20)8-6-14/h5-9H,4,10-11H2,1-3H3,(H,22,25)(H2,21,23,28). The fraction of sp³-hybridized carbons (Fsp3) is 0.316. The van der Waals surface area contributed by atoms with E-state index in [0.29, 0.717) is 17.8 Å². The Morgan fingerprint density at radius 1 is 1.18 bits per heavy atom. The maximum absolute atomic E-state index is 12.9. The van der Waals surface area contributed by atoms with Crippen LogP contribution in [0.25, 0.3) is 0 Å². The molecular formula is C19H23FN4O3S. The van der Waals surface area contributed by atoms with Gasteiger partial charge in [0.05, 0.1) is 12.2 Å². The lowest BCUT2D eigenvalue weighted by molar-refractivity contribution is -0.122. The first-order valence-electron chi connectivity index (χ1n) is 8.72. The fourth-order valence-corrected chi connectivity index (χ4v) is 2.72. The van der Waals surface area contributed by atoms with E-state index in [-0.39, 0.29) is 30.0 Å². The van der Waals surface area contributed by atoms with Crippen molar-refractivity contribution in [3.05, 3.63) is 58.7 Å². The molecule has 2 aromatic rings. The van der Waals surface area contributed by atoms with Gasteiger partial charge >= 0.3 is 5.97 Å². The quantitative estimate of drug-likeness (QED) is 0.387. The Bertz CT molecular complexity index is 865. The van der Waals surface area contributed by atoms with E-state index in [1.54, 1.807) is 36.6 Å². The van der Waals surface area contributed by atoms with Crippen molar-refractivity contribution in [1.29, 1.82) is 0 Å². The fourth-order valence-electron chi connectivity index (χ4n) is 2.60. The van der Waals surface area contributed by atoms with E-state index in [9.17, 15) is 14.0 Å². The number of thiocarbonyl (C=S) groups is 1. The lowest BCUT2D eigenvalue weighted by atomic mass is 10.2. The normalized spacial score (nSPS) is 10.3. The molecule has 150 valence electrons. The number of hydrogen-bond acceptors (Lipinski definition) is 4. The third-order valence-electron chi connectivity index (χ3n) is 4.05. The SMILES string of the molecule is CCOC(=O)c1cc(C)n(CC(=O)NNC(=S)NCc2ccc(F)cc2)c1C. The second kappa shape index (κ2) is 9.84. The highest BCUT2D eigenvalue weighted by molar-refractivity contribution is 7.80. The number of hydrogen-bond donors (Lipinski definition) is 3. The monoisotopic (exact) mass is 406 g/mol. The first-order chi connectivity index (χ1) is 13.3. The molecule has 0 aliphatic carbocycles. The number of nitrogens with zero attached hydrogens (tertiary/aromatic N) is 1. The van der Waals surface area contributed by atoms with Gasteiger partial charge in [0.2, 0.25) is 0 Å². The number of halogens is 1. The lowest BCUT2D eigenvalue weighted by Gasteiger charge is -2.13. The summed E-state index contributed by atoms with van der Waals surface area (Å²) in [6.45, 7) is 6.00. The van der Waals surface area contributed by atoms with Gasteiger partial charge in [-0.05, 0) is 56.8 Å². The maximum Gasteiger partial charge on any atom is 0.339 e. The van der Waals surface area contributed by atoms with Gasteiger partial charge in [-0.1, -0.05) is 12.1 Å². The van der Waals surface area contributed by atoms with Gasteiger partial charge in [0.1, 0.15) is 12.4 Å². The van der Waals surface area contributed by atoms with Crippen molar-refractivity contribution < 1.29 is 18.7 Å². The minimum absolute atomic E-state index is 0.0185. The Labute approximate surface area is 168 Å². The van der Waals surface area contributed by atoms with E-state index in [2.05, 4.69) is 16.2 Å². The van der Waals surface area contributed by atoms with Crippen LogP contribution in [-0.2, 0) is 22.6 Å². The van der Waals surface area contributed by atoms with Crippen molar-refractivity contribution >= 4 is 29.2 Å². The summed E-state index contributed by atoms with van der Waals surface area (Å²) in [6.07, 6.45) is 0. The van der Waals surface area contributed by atoms with Crippen molar-refractivity contribution in [3.63, 3.8) is 0 Å². The maximum atomic E-state index is 12.9. The van der Waals surface area contributed by atoms with Crippen LogP contribution in [-0.4, -0.2) is 28.2 Å². The van der Waals surface area contributed by atoms with Crippen LogP contribution in [0.15, 0.2) is 30.3 Å². The molecule has 0 bridgehead atoms. The molecule has 0 spiro atoms. The number of aromatic nitrogens is 1. The van der Waals surface area contributed by atoms with E-state index < -0.39 is 5.97 Å². The highest BCUT2D eigenvalue weighted by Crippen LogP contribution is 2.16. The van der Waals surface area contributed by atoms with Gasteiger partial charge in [-0.3, -0.25) is 15.6 Å². The zero-order valence-electron chi connectivity index (χ0n) is 16.0. The Hall–Kier alpha value is -2.94. The molecule has 28 heavy (non-hydrogen) atoms. The van der Waals surface area contributed by atoms with E-state index in [4.69, 9.17) is 17.0 Å². The molecule has 9 heteroatoms. The summed E-state index contributed by atoms with van der Waals surface area (Å²) in [4.78, 5) is 24.1. The van der Waals surface area contributed by atoms with E-state index >= 15 is 0 Å². The molecule has 1 aromatic heterocycles. The number of hydrazine groups is 1. The summed E-state index contributed by atoms with van der Waals surface area (Å²) in [5.41, 5.74) is 7.84. The summed E-state index contributed by atoms with van der Waals surface area (Å²) >= 11 is 5.10. The van der Waals surface area contributed by atoms with Gasteiger partial charge in [0.15, 0.2) is 5.11 Å². The summed E-state index contributed by atoms with van der Waals surface area (Å²) < 4.78 is 19.6. The van der Waals surface area contributed by atoms with Gasteiger partial charge in [-0.25, -0.2) is 9.18 Å². The minimum atomic E-state index is -0.411. The number of esters is 1. The number of amides is 1. The predicted octanol–water partition coefficient (Wildman–Crippen LogP) is 2.12. The molecule has 0 radical (unpaired) electrons. The van der Waals surface area contributed by atoms with E-state index in [1.165, 1.54) is 12.1 Å². The molecule has 7 nitrogen and oxygen atoms in total. The molecule has 0 unspecified atom stereocenters. The smallest absolute Gasteiger partial charge is 0.339 e. The van der Waals surface area contributed by atoms with Gasteiger partial charge in [0, 0.05) is 17.9 Å². The van der Waals surface area contributed by atoms with Crippen LogP contribution < -0.4 is 16.2 Å². The lowest BCUT2D eigenvalue weighted by Crippen LogP contribution is -2.47. The van der Waals surface area contributed by atoms with Crippen molar-refractivity contribution in [2.24, 2.45) is 0 Å².